The van der Waals surface area contributed by atoms with Crippen LogP contribution in [0.25, 0.3) is 11.2 Å². The number of H-pyrrole nitrogens is 1. The number of carbonyl (C=O) groups excluding carboxylic acids is 4. The van der Waals surface area contributed by atoms with Crippen molar-refractivity contribution < 1.29 is 48.9 Å². The predicted molar refractivity (Wildman–Crippen MR) is 214 cm³/mol. The quantitative estimate of drug-likeness (QED) is 0.0520. The largest absolute Gasteiger partial charge is 0.480 e. The van der Waals surface area contributed by atoms with Crippen LogP contribution in [-0.2, 0) is 35.3 Å². The Morgan fingerprint density at radius 2 is 1.38 bits per heavy atom. The van der Waals surface area contributed by atoms with Crippen molar-refractivity contribution >= 4 is 64.2 Å². The van der Waals surface area contributed by atoms with Crippen LogP contribution in [0.3, 0.4) is 0 Å². The van der Waals surface area contributed by atoms with Gasteiger partial charge in [0.2, 0.25) is 17.8 Å². The van der Waals surface area contributed by atoms with Crippen molar-refractivity contribution in [1.29, 1.82) is 0 Å². The second kappa shape index (κ2) is 22.5. The number of aromatic nitrogens is 4. The van der Waals surface area contributed by atoms with Gasteiger partial charge in [0.15, 0.2) is 11.2 Å². The Kier molecular flexibility index (Phi) is 17.3. The van der Waals surface area contributed by atoms with E-state index in [1.165, 1.54) is 25.3 Å². The third kappa shape index (κ3) is 15.0. The number of aromatic amines is 1. The van der Waals surface area contributed by atoms with Gasteiger partial charge < -0.3 is 42.3 Å². The number of nitrogens with two attached hydrogens (primary N) is 1. The zero-order chi connectivity index (χ0) is 43.8. The Hall–Kier alpha value is -6.59. The van der Waals surface area contributed by atoms with Gasteiger partial charge in [0.1, 0.15) is 11.8 Å². The van der Waals surface area contributed by atoms with Crippen LogP contribution in [0.2, 0.25) is 0 Å². The van der Waals surface area contributed by atoms with Crippen molar-refractivity contribution in [1.82, 2.24) is 50.6 Å². The summed E-state index contributed by atoms with van der Waals surface area (Å²) in [6, 6.07) is 4.12. The highest BCUT2D eigenvalue weighted by Crippen LogP contribution is 2.14. The number of aliphatic carboxylic acids is 3. The average Bonchev–Trinajstić information content (AvgIpc) is 3.27. The number of fused-ring (bicyclic) bond motifs is 1. The molecule has 324 valence electrons. The van der Waals surface area contributed by atoms with Gasteiger partial charge in [0.05, 0.1) is 37.6 Å². The molecule has 23 nitrogen and oxygen atoms in total. The van der Waals surface area contributed by atoms with E-state index in [4.69, 9.17) is 5.73 Å². The van der Waals surface area contributed by atoms with Gasteiger partial charge in [-0.3, -0.25) is 53.2 Å². The van der Waals surface area contributed by atoms with Gasteiger partial charge in [-0.25, -0.2) is 14.8 Å². The Bertz CT molecular complexity index is 2050. The molecule has 1 aliphatic heterocycles. The van der Waals surface area contributed by atoms with Crippen molar-refractivity contribution in [3.63, 3.8) is 0 Å². The molecule has 23 heteroatoms. The molecule has 0 saturated carbocycles. The molecule has 2 aromatic heterocycles. The highest BCUT2D eigenvalue weighted by molar-refractivity contribution is 5.97. The van der Waals surface area contributed by atoms with Crippen LogP contribution >= 0.6 is 0 Å². The first-order valence-corrected chi connectivity index (χ1v) is 19.1. The monoisotopic (exact) mass is 838 g/mol. The van der Waals surface area contributed by atoms with E-state index in [0.717, 1.165) is 0 Å². The minimum atomic E-state index is -1.37. The van der Waals surface area contributed by atoms with Crippen LogP contribution in [0, 0.1) is 0 Å². The second-order valence-electron chi connectivity index (χ2n) is 14.1. The lowest BCUT2D eigenvalue weighted by Gasteiger charge is -2.31. The third-order valence-electron chi connectivity index (χ3n) is 9.55. The lowest BCUT2D eigenvalue weighted by atomic mass is 10.0. The Morgan fingerprint density at radius 1 is 0.817 bits per heavy atom. The molecule has 1 unspecified atom stereocenters. The summed E-state index contributed by atoms with van der Waals surface area (Å²) in [6.45, 7) is 3.25. The molecule has 0 radical (unpaired) electrons. The number of carbonyl (C=O) groups is 7. The summed E-state index contributed by atoms with van der Waals surface area (Å²) in [7, 11) is 0. The fourth-order valence-corrected chi connectivity index (χ4v) is 6.42. The SMILES string of the molecule is CC(=O)C(CCC(=O)NCCNC(=O)CC[C@H](NC(=O)c1ccc(NCc2cnc3nc(N)[nH]c(=O)c3n2)cc1)C(=O)O)N1CCN(CC(=O)O)CCN(CC(=O)O)CC1. The highest BCUT2D eigenvalue weighted by Gasteiger charge is 2.27. The normalized spacial score (nSPS) is 15.1. The minimum Gasteiger partial charge on any atom is -0.480 e. The first-order valence-electron chi connectivity index (χ1n) is 19.1. The van der Waals surface area contributed by atoms with E-state index in [-0.39, 0.29) is 92.8 Å². The number of Topliss-reactive ketones (excluding diaryl/α,β-unsaturated/α-hetero) is 1. The molecule has 2 atom stereocenters. The molecule has 1 aromatic carbocycles. The first-order chi connectivity index (χ1) is 28.6. The smallest absolute Gasteiger partial charge is 0.326 e. The number of rotatable bonds is 21. The number of benzene rings is 1. The van der Waals surface area contributed by atoms with Crippen molar-refractivity contribution in [2.45, 2.75) is 51.2 Å². The van der Waals surface area contributed by atoms with E-state index in [1.54, 1.807) is 21.9 Å². The predicted octanol–water partition coefficient (Wildman–Crippen LogP) is -2.07. The standard InChI is InChI=1S/C37H50N12O11/c1-22(50)27(49-16-14-47(20-30(53)54)12-13-48(15-17-49)21-31(55)56)7-9-29(52)40-11-10-39-28(51)8-6-26(36(59)60)44-34(57)23-2-4-24(5-3-23)41-18-25-19-42-33-32(43-25)35(58)46-37(38)45-33/h2-5,19,26-27,41H,6-18,20-21H2,1H3,(H,39,51)(H,40,52)(H,44,57)(H,53,54)(H,55,56)(H,59,60)(H3,38,42,45,46,58)/t26-,27?/m0/s1. The maximum absolute atomic E-state index is 12.8. The molecule has 10 N–H and O–H groups in total. The zero-order valence-electron chi connectivity index (χ0n) is 33.0. The Morgan fingerprint density at radius 3 is 1.93 bits per heavy atom. The lowest BCUT2D eigenvalue weighted by molar-refractivity contribution is -0.140. The highest BCUT2D eigenvalue weighted by atomic mass is 16.4. The van der Waals surface area contributed by atoms with Crippen LogP contribution in [0.5, 0.6) is 0 Å². The molecule has 3 amide bonds. The lowest BCUT2D eigenvalue weighted by Crippen LogP contribution is -2.47. The van der Waals surface area contributed by atoms with E-state index in [0.29, 0.717) is 50.6 Å². The van der Waals surface area contributed by atoms with E-state index < -0.39 is 47.4 Å². The number of hydrogen-bond acceptors (Lipinski definition) is 16. The number of hydrogen-bond donors (Lipinski definition) is 9. The summed E-state index contributed by atoms with van der Waals surface area (Å²) in [4.78, 5) is 117. The van der Waals surface area contributed by atoms with Crippen molar-refractivity contribution in [3.05, 3.63) is 52.1 Å². The van der Waals surface area contributed by atoms with E-state index >= 15 is 0 Å². The summed E-state index contributed by atoms with van der Waals surface area (Å²) in [5.41, 5.74) is 6.34. The molecule has 1 fully saturated rings. The summed E-state index contributed by atoms with van der Waals surface area (Å²) in [6.07, 6.45) is 1.14. The maximum Gasteiger partial charge on any atom is 0.326 e. The van der Waals surface area contributed by atoms with Gasteiger partial charge >= 0.3 is 17.9 Å². The van der Waals surface area contributed by atoms with E-state index in [9.17, 15) is 53.7 Å². The summed E-state index contributed by atoms with van der Waals surface area (Å²) in [5.74, 6) is -5.20. The van der Waals surface area contributed by atoms with Crippen molar-refractivity contribution in [3.8, 4) is 0 Å². The van der Waals surface area contributed by atoms with E-state index in [2.05, 4.69) is 41.2 Å². The van der Waals surface area contributed by atoms with Gasteiger partial charge in [-0.2, -0.15) is 4.98 Å². The molecule has 3 heterocycles. The number of carboxylic acids is 3. The minimum absolute atomic E-state index is 0.0238. The zero-order valence-corrected chi connectivity index (χ0v) is 33.0. The molecule has 1 saturated heterocycles. The van der Waals surface area contributed by atoms with Gasteiger partial charge in [-0.05, 0) is 44.0 Å². The van der Waals surface area contributed by atoms with Crippen LogP contribution < -0.4 is 32.6 Å². The molecule has 3 aromatic rings. The molecular weight excluding hydrogens is 788 g/mol. The van der Waals surface area contributed by atoms with Crippen LogP contribution in [0.4, 0.5) is 11.6 Å². The number of nitrogens with one attached hydrogen (secondary N) is 5. The van der Waals surface area contributed by atoms with Gasteiger partial charge in [-0.1, -0.05) is 0 Å². The number of nitrogen functional groups attached to an aromatic ring is 1. The molecule has 1 aliphatic rings. The molecule has 4 rings (SSSR count). The Labute approximate surface area is 343 Å². The van der Waals surface area contributed by atoms with E-state index in [1.807, 2.05) is 4.90 Å². The van der Waals surface area contributed by atoms with Crippen LogP contribution in [-0.4, -0.2) is 169 Å². The number of anilines is 2. The van der Waals surface area contributed by atoms with Crippen molar-refractivity contribution in [2.24, 2.45) is 0 Å². The average molecular weight is 839 g/mol. The third-order valence-corrected chi connectivity index (χ3v) is 9.55. The summed E-state index contributed by atoms with van der Waals surface area (Å²) < 4.78 is 0. The number of nitrogens with zero attached hydrogens (tertiary/aromatic N) is 6. The molecule has 0 aliphatic carbocycles. The number of carboxylic acid groups (broad SMARTS) is 3. The number of ketones is 1. The van der Waals surface area contributed by atoms with Gasteiger partial charge in [0, 0.05) is 76.5 Å². The molecular formula is C37H50N12O11. The molecule has 60 heavy (non-hydrogen) atoms. The first kappa shape index (κ1) is 46.1. The Balaban J connectivity index is 1.17. The topological polar surface area (TPSA) is 336 Å². The van der Waals surface area contributed by atoms with Gasteiger partial charge in [0.25, 0.3) is 11.5 Å². The summed E-state index contributed by atoms with van der Waals surface area (Å²) >= 11 is 0. The second-order valence-corrected chi connectivity index (χ2v) is 14.1. The van der Waals surface area contributed by atoms with Crippen LogP contribution in [0.1, 0.15) is 48.7 Å². The van der Waals surface area contributed by atoms with Crippen LogP contribution in [0.15, 0.2) is 35.3 Å². The molecule has 0 bridgehead atoms. The van der Waals surface area contributed by atoms with Crippen molar-refractivity contribution in [2.75, 3.05) is 76.5 Å². The maximum atomic E-state index is 12.8. The molecule has 0 spiro atoms. The fraction of sp³-hybridized carbons (Fsp3) is 0.486. The van der Waals surface area contributed by atoms with Gasteiger partial charge in [-0.15, -0.1) is 0 Å². The fourth-order valence-electron chi connectivity index (χ4n) is 6.42. The number of amides is 3. The summed E-state index contributed by atoms with van der Waals surface area (Å²) in [5, 5.41) is 39.1.